The van der Waals surface area contributed by atoms with Crippen molar-refractivity contribution in [2.75, 3.05) is 13.7 Å². The summed E-state index contributed by atoms with van der Waals surface area (Å²) in [7, 11) is 1.62. The summed E-state index contributed by atoms with van der Waals surface area (Å²) in [6.45, 7) is 2.92. The molecular weight excluding hydrogens is 316 g/mol. The Morgan fingerprint density at radius 2 is 1.68 bits per heavy atom. The Morgan fingerprint density at radius 1 is 0.960 bits per heavy atom. The van der Waals surface area contributed by atoms with E-state index in [-0.39, 0.29) is 18.2 Å². The van der Waals surface area contributed by atoms with Gasteiger partial charge in [-0.1, -0.05) is 42.0 Å². The normalized spacial score (nSPS) is 10.2. The minimum Gasteiger partial charge on any atom is -0.497 e. The molecule has 2 N–H and O–H groups in total. The predicted octanol–water partition coefficient (Wildman–Crippen LogP) is 2.37. The number of aryl methyl sites for hydroxylation is 1. The van der Waals surface area contributed by atoms with Gasteiger partial charge in [-0.3, -0.25) is 9.59 Å². The quantitative estimate of drug-likeness (QED) is 0.725. The number of hydrogen-bond acceptors (Lipinski definition) is 3. The number of carbonyl (C=O) groups excluding carboxylic acids is 2. The molecule has 0 aromatic heterocycles. The van der Waals surface area contributed by atoms with Crippen LogP contribution in [0.1, 0.15) is 23.1 Å². The van der Waals surface area contributed by atoms with Crippen LogP contribution in [0.2, 0.25) is 0 Å². The van der Waals surface area contributed by atoms with Crippen LogP contribution >= 0.6 is 0 Å². The third-order valence-electron chi connectivity index (χ3n) is 3.80. The first-order chi connectivity index (χ1) is 12.1. The standard InChI is InChI=1S/C20H24N2O3/c1-15-6-8-17(9-7-15)14-22-20(24)13-19(23)21-11-10-16-4-3-5-18(12-16)25-2/h3-9,12H,10-11,13-14H2,1-2H3,(H,21,23)(H,22,24). The molecule has 0 heterocycles. The highest BCUT2D eigenvalue weighted by Gasteiger charge is 2.08. The molecular formula is C20H24N2O3. The molecule has 2 aromatic rings. The van der Waals surface area contributed by atoms with Gasteiger partial charge in [0.2, 0.25) is 11.8 Å². The van der Waals surface area contributed by atoms with Crippen LogP contribution in [0.5, 0.6) is 5.75 Å². The zero-order valence-corrected chi connectivity index (χ0v) is 14.7. The molecule has 132 valence electrons. The molecule has 0 saturated heterocycles. The minimum atomic E-state index is -0.278. The Morgan fingerprint density at radius 3 is 2.40 bits per heavy atom. The average Bonchev–Trinajstić information content (AvgIpc) is 2.61. The van der Waals surface area contributed by atoms with Crippen molar-refractivity contribution in [1.29, 1.82) is 0 Å². The SMILES string of the molecule is COc1cccc(CCNC(=O)CC(=O)NCc2ccc(C)cc2)c1. The topological polar surface area (TPSA) is 67.4 Å². The van der Waals surface area contributed by atoms with Crippen molar-refractivity contribution in [2.45, 2.75) is 26.3 Å². The van der Waals surface area contributed by atoms with Gasteiger partial charge in [-0.25, -0.2) is 0 Å². The zero-order valence-electron chi connectivity index (χ0n) is 14.7. The third-order valence-corrected chi connectivity index (χ3v) is 3.80. The minimum absolute atomic E-state index is 0.163. The van der Waals surface area contributed by atoms with Crippen LogP contribution in [0, 0.1) is 6.92 Å². The Labute approximate surface area is 148 Å². The maximum Gasteiger partial charge on any atom is 0.229 e. The molecule has 0 bridgehead atoms. The van der Waals surface area contributed by atoms with Crippen LogP contribution in [-0.4, -0.2) is 25.5 Å². The van der Waals surface area contributed by atoms with Crippen molar-refractivity contribution in [3.63, 3.8) is 0 Å². The molecule has 0 fully saturated rings. The van der Waals surface area contributed by atoms with Gasteiger partial charge in [0.25, 0.3) is 0 Å². The highest BCUT2D eigenvalue weighted by molar-refractivity contribution is 5.96. The van der Waals surface area contributed by atoms with Crippen LogP contribution in [0.15, 0.2) is 48.5 Å². The van der Waals surface area contributed by atoms with Crippen LogP contribution in [0.4, 0.5) is 0 Å². The summed E-state index contributed by atoms with van der Waals surface area (Å²) in [6, 6.07) is 15.6. The fraction of sp³-hybridized carbons (Fsp3) is 0.300. The second-order valence-corrected chi connectivity index (χ2v) is 5.89. The molecule has 0 unspecified atom stereocenters. The van der Waals surface area contributed by atoms with Crippen molar-refractivity contribution >= 4 is 11.8 Å². The lowest BCUT2D eigenvalue weighted by Crippen LogP contribution is -2.32. The third kappa shape index (κ3) is 6.67. The van der Waals surface area contributed by atoms with Gasteiger partial charge in [0.15, 0.2) is 0 Å². The number of rotatable bonds is 8. The van der Waals surface area contributed by atoms with Crippen LogP contribution in [0.25, 0.3) is 0 Å². The smallest absolute Gasteiger partial charge is 0.229 e. The number of ether oxygens (including phenoxy) is 1. The van der Waals surface area contributed by atoms with Crippen LogP contribution in [0.3, 0.4) is 0 Å². The van der Waals surface area contributed by atoms with Crippen LogP contribution < -0.4 is 15.4 Å². The van der Waals surface area contributed by atoms with Gasteiger partial charge >= 0.3 is 0 Å². The van der Waals surface area contributed by atoms with E-state index < -0.39 is 0 Å². The van der Waals surface area contributed by atoms with Crippen molar-refractivity contribution < 1.29 is 14.3 Å². The largest absolute Gasteiger partial charge is 0.497 e. The van der Waals surface area contributed by atoms with Crippen LogP contribution in [-0.2, 0) is 22.6 Å². The van der Waals surface area contributed by atoms with E-state index in [9.17, 15) is 9.59 Å². The number of nitrogens with one attached hydrogen (secondary N) is 2. The maximum absolute atomic E-state index is 11.8. The summed E-state index contributed by atoms with van der Waals surface area (Å²) in [6.07, 6.45) is 0.526. The van der Waals surface area contributed by atoms with E-state index in [0.717, 1.165) is 16.9 Å². The molecule has 2 rings (SSSR count). The van der Waals surface area contributed by atoms with E-state index in [1.807, 2.05) is 55.5 Å². The van der Waals surface area contributed by atoms with Crippen molar-refractivity contribution in [3.05, 3.63) is 65.2 Å². The molecule has 0 aliphatic rings. The predicted molar refractivity (Wildman–Crippen MR) is 97.4 cm³/mol. The molecule has 2 amide bonds. The van der Waals surface area contributed by atoms with Crippen molar-refractivity contribution in [1.82, 2.24) is 10.6 Å². The molecule has 0 aliphatic carbocycles. The highest BCUT2D eigenvalue weighted by atomic mass is 16.5. The lowest BCUT2D eigenvalue weighted by atomic mass is 10.1. The molecule has 2 aromatic carbocycles. The van der Waals surface area contributed by atoms with E-state index >= 15 is 0 Å². The first kappa shape index (κ1) is 18.5. The second-order valence-electron chi connectivity index (χ2n) is 5.89. The summed E-state index contributed by atoms with van der Waals surface area (Å²) >= 11 is 0. The number of hydrogen-bond donors (Lipinski definition) is 2. The Hall–Kier alpha value is -2.82. The summed E-state index contributed by atoms with van der Waals surface area (Å²) in [5.74, 6) is 0.239. The van der Waals surface area contributed by atoms with E-state index in [4.69, 9.17) is 4.74 Å². The van der Waals surface area contributed by atoms with E-state index in [1.165, 1.54) is 5.56 Å². The Kier molecular flexibility index (Phi) is 7.01. The first-order valence-corrected chi connectivity index (χ1v) is 8.28. The van der Waals surface area contributed by atoms with E-state index in [2.05, 4.69) is 10.6 Å². The Balaban J connectivity index is 1.67. The van der Waals surface area contributed by atoms with Gasteiger partial charge < -0.3 is 15.4 Å². The van der Waals surface area contributed by atoms with Crippen molar-refractivity contribution in [3.8, 4) is 5.75 Å². The molecule has 0 atom stereocenters. The van der Waals surface area contributed by atoms with Crippen molar-refractivity contribution in [2.24, 2.45) is 0 Å². The van der Waals surface area contributed by atoms with Gasteiger partial charge in [0.05, 0.1) is 7.11 Å². The summed E-state index contributed by atoms with van der Waals surface area (Å²) in [5.41, 5.74) is 3.26. The molecule has 0 saturated carbocycles. The fourth-order valence-electron chi connectivity index (χ4n) is 2.35. The van der Waals surface area contributed by atoms with Gasteiger partial charge in [-0.15, -0.1) is 0 Å². The molecule has 0 aliphatic heterocycles. The lowest BCUT2D eigenvalue weighted by Gasteiger charge is -2.08. The highest BCUT2D eigenvalue weighted by Crippen LogP contribution is 2.12. The molecule has 0 radical (unpaired) electrons. The van der Waals surface area contributed by atoms with Gasteiger partial charge in [0.1, 0.15) is 12.2 Å². The molecule has 5 heteroatoms. The van der Waals surface area contributed by atoms with E-state index in [1.54, 1.807) is 7.11 Å². The zero-order chi connectivity index (χ0) is 18.1. The summed E-state index contributed by atoms with van der Waals surface area (Å²) in [5, 5.41) is 5.52. The number of carbonyl (C=O) groups is 2. The monoisotopic (exact) mass is 340 g/mol. The maximum atomic E-state index is 11.8. The summed E-state index contributed by atoms with van der Waals surface area (Å²) < 4.78 is 5.16. The lowest BCUT2D eigenvalue weighted by molar-refractivity contribution is -0.129. The number of benzene rings is 2. The Bertz CT molecular complexity index is 711. The fourth-order valence-corrected chi connectivity index (χ4v) is 2.35. The first-order valence-electron chi connectivity index (χ1n) is 8.28. The average molecular weight is 340 g/mol. The van der Waals surface area contributed by atoms with E-state index in [0.29, 0.717) is 19.5 Å². The molecule has 25 heavy (non-hydrogen) atoms. The second kappa shape index (κ2) is 9.47. The summed E-state index contributed by atoms with van der Waals surface area (Å²) in [4.78, 5) is 23.6. The number of amides is 2. The molecule has 5 nitrogen and oxygen atoms in total. The molecule has 0 spiro atoms. The number of methoxy groups -OCH3 is 1. The van der Waals surface area contributed by atoms with Gasteiger partial charge in [-0.2, -0.15) is 0 Å². The van der Waals surface area contributed by atoms with Gasteiger partial charge in [-0.05, 0) is 36.6 Å². The van der Waals surface area contributed by atoms with Gasteiger partial charge in [0, 0.05) is 13.1 Å².